The van der Waals surface area contributed by atoms with Gasteiger partial charge < -0.3 is 15.0 Å². The second kappa shape index (κ2) is 7.99. The zero-order valence-corrected chi connectivity index (χ0v) is 13.6. The third-order valence-electron chi connectivity index (χ3n) is 3.47. The minimum absolute atomic E-state index is 0.0559. The Bertz CT molecular complexity index is 479. The molecule has 0 unspecified atom stereocenters. The highest BCUT2D eigenvalue weighted by atomic mass is 35.5. The van der Waals surface area contributed by atoms with Crippen molar-refractivity contribution < 1.29 is 9.53 Å². The molecular formula is C15H20Cl2N2O2. The van der Waals surface area contributed by atoms with Crippen molar-refractivity contribution in [2.45, 2.75) is 13.3 Å². The van der Waals surface area contributed by atoms with E-state index in [1.54, 1.807) is 12.1 Å². The fourth-order valence-corrected chi connectivity index (χ4v) is 2.94. The minimum atomic E-state index is 0.0559. The first kappa shape index (κ1) is 16.6. The number of benzene rings is 1. The number of carbonyl (C=O) groups is 1. The van der Waals surface area contributed by atoms with E-state index < -0.39 is 0 Å². The fraction of sp³-hybridized carbons (Fsp3) is 0.533. The molecular weight excluding hydrogens is 311 g/mol. The Balaban J connectivity index is 1.98. The Labute approximate surface area is 135 Å². The maximum atomic E-state index is 12.3. The van der Waals surface area contributed by atoms with Gasteiger partial charge in [-0.3, -0.25) is 4.79 Å². The van der Waals surface area contributed by atoms with Gasteiger partial charge in [0.25, 0.3) is 0 Å². The molecule has 1 fully saturated rings. The van der Waals surface area contributed by atoms with Crippen molar-refractivity contribution >= 4 is 29.0 Å². The first-order chi connectivity index (χ1) is 10.1. The van der Waals surface area contributed by atoms with Gasteiger partial charge in [0.15, 0.2) is 11.5 Å². The molecule has 1 aliphatic rings. The van der Waals surface area contributed by atoms with Gasteiger partial charge in [-0.25, -0.2) is 0 Å². The molecule has 0 radical (unpaired) electrons. The highest BCUT2D eigenvalue weighted by Gasteiger charge is 2.16. The number of hydrogen-bond acceptors (Lipinski definition) is 4. The number of nitrogens with one attached hydrogen (secondary N) is 1. The van der Waals surface area contributed by atoms with Crippen LogP contribution >= 0.6 is 23.2 Å². The maximum absolute atomic E-state index is 12.3. The van der Waals surface area contributed by atoms with E-state index in [9.17, 15) is 4.79 Å². The van der Waals surface area contributed by atoms with Crippen LogP contribution in [-0.2, 0) is 0 Å². The van der Waals surface area contributed by atoms with Gasteiger partial charge in [0.1, 0.15) is 0 Å². The molecule has 0 amide bonds. The molecule has 2 rings (SSSR count). The number of nitrogens with zero attached hydrogens (tertiary/aromatic N) is 1. The zero-order valence-electron chi connectivity index (χ0n) is 12.1. The van der Waals surface area contributed by atoms with Crippen LogP contribution in [0.15, 0.2) is 12.1 Å². The van der Waals surface area contributed by atoms with Gasteiger partial charge in [-0.2, -0.15) is 0 Å². The molecule has 1 heterocycles. The third-order valence-corrected chi connectivity index (χ3v) is 4.04. The molecule has 1 aromatic rings. The van der Waals surface area contributed by atoms with Crippen molar-refractivity contribution in [3.8, 4) is 5.75 Å². The maximum Gasteiger partial charge on any atom is 0.164 e. The number of Topliss-reactive ketones (excluding diaryl/α,β-unsaturated/α-hetero) is 1. The summed E-state index contributed by atoms with van der Waals surface area (Å²) in [5.41, 5.74) is 0.545. The van der Waals surface area contributed by atoms with Crippen molar-refractivity contribution in [1.29, 1.82) is 0 Å². The van der Waals surface area contributed by atoms with Crippen molar-refractivity contribution in [3.05, 3.63) is 27.7 Å². The molecule has 0 spiro atoms. The van der Waals surface area contributed by atoms with Crippen molar-refractivity contribution in [2.24, 2.45) is 0 Å². The third kappa shape index (κ3) is 4.58. The average molecular weight is 331 g/mol. The van der Waals surface area contributed by atoms with Crippen LogP contribution < -0.4 is 10.1 Å². The molecule has 1 saturated heterocycles. The van der Waals surface area contributed by atoms with Crippen molar-refractivity contribution in [1.82, 2.24) is 10.2 Å². The van der Waals surface area contributed by atoms with Gasteiger partial charge in [0.2, 0.25) is 0 Å². The van der Waals surface area contributed by atoms with Crippen LogP contribution in [0.1, 0.15) is 23.7 Å². The van der Waals surface area contributed by atoms with E-state index in [0.29, 0.717) is 34.4 Å². The molecule has 0 aromatic heterocycles. The first-order valence-electron chi connectivity index (χ1n) is 7.20. The van der Waals surface area contributed by atoms with Gasteiger partial charge in [0, 0.05) is 44.7 Å². The SMILES string of the molecule is CCOc1c(Cl)cc(C(=O)CCN2CCNCC2)cc1Cl. The second-order valence-electron chi connectivity index (χ2n) is 4.97. The van der Waals surface area contributed by atoms with E-state index in [2.05, 4.69) is 10.2 Å². The Morgan fingerprint density at radius 1 is 1.29 bits per heavy atom. The van der Waals surface area contributed by atoms with E-state index in [4.69, 9.17) is 27.9 Å². The predicted molar refractivity (Wildman–Crippen MR) is 85.9 cm³/mol. The highest BCUT2D eigenvalue weighted by Crippen LogP contribution is 2.34. The lowest BCUT2D eigenvalue weighted by molar-refractivity contribution is 0.0960. The molecule has 4 nitrogen and oxygen atoms in total. The van der Waals surface area contributed by atoms with Crippen LogP contribution in [-0.4, -0.2) is 50.0 Å². The Kier molecular flexibility index (Phi) is 6.30. The van der Waals surface area contributed by atoms with Gasteiger partial charge in [-0.05, 0) is 19.1 Å². The molecule has 1 aliphatic heterocycles. The summed E-state index contributed by atoms with van der Waals surface area (Å²) >= 11 is 12.3. The number of rotatable bonds is 6. The monoisotopic (exact) mass is 330 g/mol. The smallest absolute Gasteiger partial charge is 0.164 e. The van der Waals surface area contributed by atoms with Crippen LogP contribution in [0.4, 0.5) is 0 Å². The second-order valence-corrected chi connectivity index (χ2v) is 5.78. The van der Waals surface area contributed by atoms with Crippen molar-refractivity contribution in [3.63, 3.8) is 0 Å². The standard InChI is InChI=1S/C15H20Cl2N2O2/c1-2-21-15-12(16)9-11(10-13(15)17)14(20)3-6-19-7-4-18-5-8-19/h9-10,18H,2-8H2,1H3. The molecule has 1 N–H and O–H groups in total. The molecule has 6 heteroatoms. The molecule has 0 bridgehead atoms. The molecule has 21 heavy (non-hydrogen) atoms. The highest BCUT2D eigenvalue weighted by molar-refractivity contribution is 6.37. The summed E-state index contributed by atoms with van der Waals surface area (Å²) in [6, 6.07) is 3.27. The zero-order chi connectivity index (χ0) is 15.2. The Morgan fingerprint density at radius 3 is 2.48 bits per heavy atom. The van der Waals surface area contributed by atoms with E-state index in [-0.39, 0.29) is 5.78 Å². The van der Waals surface area contributed by atoms with Crippen LogP contribution in [0.2, 0.25) is 10.0 Å². The number of ether oxygens (including phenoxy) is 1. The molecule has 116 valence electrons. The molecule has 0 atom stereocenters. The summed E-state index contributed by atoms with van der Waals surface area (Å²) in [5, 5.41) is 4.06. The number of hydrogen-bond donors (Lipinski definition) is 1. The van der Waals surface area contributed by atoms with E-state index in [1.807, 2.05) is 6.92 Å². The molecule has 0 aliphatic carbocycles. The molecule has 0 saturated carbocycles. The van der Waals surface area contributed by atoms with Crippen LogP contribution in [0.25, 0.3) is 0 Å². The van der Waals surface area contributed by atoms with E-state index in [0.717, 1.165) is 32.7 Å². The number of piperazine rings is 1. The fourth-order valence-electron chi connectivity index (χ4n) is 2.34. The predicted octanol–water partition coefficient (Wildman–Crippen LogP) is 2.87. The normalized spacial score (nSPS) is 16.0. The summed E-state index contributed by atoms with van der Waals surface area (Å²) in [6.07, 6.45) is 0.473. The summed E-state index contributed by atoms with van der Waals surface area (Å²) in [7, 11) is 0. The molecule has 1 aromatic carbocycles. The average Bonchev–Trinajstić information content (AvgIpc) is 2.49. The topological polar surface area (TPSA) is 41.6 Å². The van der Waals surface area contributed by atoms with E-state index >= 15 is 0 Å². The Morgan fingerprint density at radius 2 is 1.90 bits per heavy atom. The lowest BCUT2D eigenvalue weighted by Gasteiger charge is -2.26. The summed E-state index contributed by atoms with van der Waals surface area (Å²) in [4.78, 5) is 14.5. The van der Waals surface area contributed by atoms with Gasteiger partial charge >= 0.3 is 0 Å². The Hall–Kier alpha value is -0.810. The summed E-state index contributed by atoms with van der Waals surface area (Å²) < 4.78 is 5.37. The lowest BCUT2D eigenvalue weighted by Crippen LogP contribution is -2.44. The first-order valence-corrected chi connectivity index (χ1v) is 7.95. The van der Waals surface area contributed by atoms with Crippen LogP contribution in [0, 0.1) is 0 Å². The largest absolute Gasteiger partial charge is 0.491 e. The van der Waals surface area contributed by atoms with E-state index in [1.165, 1.54) is 0 Å². The number of halogens is 2. The van der Waals surface area contributed by atoms with Gasteiger partial charge in [-0.1, -0.05) is 23.2 Å². The van der Waals surface area contributed by atoms with Crippen molar-refractivity contribution in [2.75, 3.05) is 39.3 Å². The number of ketones is 1. The quantitative estimate of drug-likeness (QED) is 0.814. The lowest BCUT2D eigenvalue weighted by atomic mass is 10.1. The van der Waals surface area contributed by atoms with Crippen LogP contribution in [0.5, 0.6) is 5.75 Å². The van der Waals surface area contributed by atoms with Crippen LogP contribution in [0.3, 0.4) is 0 Å². The minimum Gasteiger partial charge on any atom is -0.491 e. The summed E-state index contributed by atoms with van der Waals surface area (Å²) in [6.45, 7) is 7.04. The van der Waals surface area contributed by atoms with Gasteiger partial charge in [0.05, 0.1) is 16.7 Å². The number of carbonyl (C=O) groups excluding carboxylic acids is 1. The summed E-state index contributed by atoms with van der Waals surface area (Å²) in [5.74, 6) is 0.500. The van der Waals surface area contributed by atoms with Gasteiger partial charge in [-0.15, -0.1) is 0 Å².